The van der Waals surface area contributed by atoms with Crippen molar-refractivity contribution in [1.82, 2.24) is 30.1 Å². The lowest BCUT2D eigenvalue weighted by atomic mass is 10.1. The van der Waals surface area contributed by atoms with Gasteiger partial charge in [0.1, 0.15) is 11.3 Å². The second kappa shape index (κ2) is 8.53. The summed E-state index contributed by atoms with van der Waals surface area (Å²) in [5.41, 5.74) is 7.37. The van der Waals surface area contributed by atoms with Crippen LogP contribution in [0.1, 0.15) is 19.8 Å². The Kier molecular flexibility index (Phi) is 5.07. The first kappa shape index (κ1) is 20.8. The number of aromatic amines is 2. The molecule has 0 fully saturated rings. The molecular formula is C26H21N7O2. The van der Waals surface area contributed by atoms with Gasteiger partial charge in [-0.2, -0.15) is 5.10 Å². The summed E-state index contributed by atoms with van der Waals surface area (Å²) in [6.45, 7) is 1.97. The number of fused-ring (bicyclic) bond motifs is 2. The smallest absolute Gasteiger partial charge is 0.224 e. The summed E-state index contributed by atoms with van der Waals surface area (Å²) in [6, 6.07) is 9.79. The van der Waals surface area contributed by atoms with Crippen molar-refractivity contribution >= 4 is 33.5 Å². The van der Waals surface area contributed by atoms with Gasteiger partial charge in [0.2, 0.25) is 5.91 Å². The van der Waals surface area contributed by atoms with Crippen LogP contribution in [0.15, 0.2) is 72.1 Å². The van der Waals surface area contributed by atoms with Crippen LogP contribution in [0, 0.1) is 0 Å². The number of carbonyl (C=O) groups is 1. The van der Waals surface area contributed by atoms with Gasteiger partial charge >= 0.3 is 0 Å². The van der Waals surface area contributed by atoms with Gasteiger partial charge in [0.25, 0.3) is 0 Å². The minimum atomic E-state index is -0.0332. The summed E-state index contributed by atoms with van der Waals surface area (Å²) in [4.78, 5) is 28.7. The Bertz CT molecular complexity index is 1660. The molecule has 0 spiro atoms. The van der Waals surface area contributed by atoms with Crippen molar-refractivity contribution in [2.24, 2.45) is 0 Å². The molecule has 0 aromatic carbocycles. The lowest BCUT2D eigenvalue weighted by molar-refractivity contribution is -0.116. The number of hydrogen-bond acceptors (Lipinski definition) is 6. The van der Waals surface area contributed by atoms with Gasteiger partial charge in [-0.1, -0.05) is 6.92 Å². The quantitative estimate of drug-likeness (QED) is 0.297. The zero-order chi connectivity index (χ0) is 23.8. The molecule has 6 aromatic heterocycles. The van der Waals surface area contributed by atoms with Crippen molar-refractivity contribution in [3.8, 4) is 33.8 Å². The number of furan rings is 1. The van der Waals surface area contributed by atoms with Gasteiger partial charge in [-0.15, -0.1) is 0 Å². The Balaban J connectivity index is 1.40. The van der Waals surface area contributed by atoms with Gasteiger partial charge in [0, 0.05) is 40.7 Å². The number of rotatable bonds is 6. The van der Waals surface area contributed by atoms with Crippen molar-refractivity contribution < 1.29 is 9.21 Å². The molecule has 0 aliphatic rings. The number of anilines is 1. The summed E-state index contributed by atoms with van der Waals surface area (Å²) >= 11 is 0. The number of carbonyl (C=O) groups excluding carboxylic acids is 1. The highest BCUT2D eigenvalue weighted by molar-refractivity contribution is 6.00. The van der Waals surface area contributed by atoms with Crippen molar-refractivity contribution in [2.45, 2.75) is 19.8 Å². The van der Waals surface area contributed by atoms with Gasteiger partial charge in [-0.05, 0) is 42.3 Å². The molecule has 6 heterocycles. The van der Waals surface area contributed by atoms with Crippen LogP contribution in [0.2, 0.25) is 0 Å². The number of H-pyrrole nitrogens is 2. The fraction of sp³-hybridized carbons (Fsp3) is 0.115. The monoisotopic (exact) mass is 463 g/mol. The maximum atomic E-state index is 12.0. The van der Waals surface area contributed by atoms with Crippen molar-refractivity contribution in [3.05, 3.63) is 67.6 Å². The van der Waals surface area contributed by atoms with E-state index in [0.717, 1.165) is 62.1 Å². The van der Waals surface area contributed by atoms with Gasteiger partial charge < -0.3 is 14.7 Å². The topological polar surface area (TPSA) is 125 Å². The van der Waals surface area contributed by atoms with Crippen molar-refractivity contribution in [3.63, 3.8) is 0 Å². The third kappa shape index (κ3) is 3.82. The number of nitrogens with zero attached hydrogens (tertiary/aromatic N) is 4. The first-order chi connectivity index (χ1) is 17.2. The summed E-state index contributed by atoms with van der Waals surface area (Å²) in [5, 5.41) is 12.4. The third-order valence-electron chi connectivity index (χ3n) is 5.86. The molecule has 9 nitrogen and oxygen atoms in total. The van der Waals surface area contributed by atoms with E-state index in [1.54, 1.807) is 37.3 Å². The average molecular weight is 464 g/mol. The molecule has 3 N–H and O–H groups in total. The number of aromatic nitrogens is 6. The largest absolute Gasteiger partial charge is 0.472 e. The summed E-state index contributed by atoms with van der Waals surface area (Å²) in [6.07, 6.45) is 11.5. The predicted octanol–water partition coefficient (Wildman–Crippen LogP) is 5.56. The van der Waals surface area contributed by atoms with E-state index < -0.39 is 0 Å². The first-order valence-corrected chi connectivity index (χ1v) is 11.3. The molecule has 0 aliphatic heterocycles. The van der Waals surface area contributed by atoms with Gasteiger partial charge in [-0.25, -0.2) is 4.98 Å². The third-order valence-corrected chi connectivity index (χ3v) is 5.86. The Morgan fingerprint density at radius 3 is 2.86 bits per heavy atom. The lowest BCUT2D eigenvalue weighted by Gasteiger charge is -2.06. The first-order valence-electron chi connectivity index (χ1n) is 11.3. The Morgan fingerprint density at radius 2 is 2.00 bits per heavy atom. The van der Waals surface area contributed by atoms with Crippen LogP contribution in [-0.2, 0) is 4.79 Å². The van der Waals surface area contributed by atoms with Gasteiger partial charge in [0.05, 0.1) is 47.5 Å². The van der Waals surface area contributed by atoms with Crippen LogP contribution in [0.3, 0.4) is 0 Å². The fourth-order valence-corrected chi connectivity index (χ4v) is 4.20. The van der Waals surface area contributed by atoms with Crippen LogP contribution in [0.4, 0.5) is 5.69 Å². The molecule has 0 unspecified atom stereocenters. The van der Waals surface area contributed by atoms with E-state index in [2.05, 4.69) is 35.5 Å². The van der Waals surface area contributed by atoms with Gasteiger partial charge in [0.15, 0.2) is 0 Å². The van der Waals surface area contributed by atoms with E-state index in [0.29, 0.717) is 12.1 Å². The fourth-order valence-electron chi connectivity index (χ4n) is 4.20. The molecular weight excluding hydrogens is 442 g/mol. The Labute approximate surface area is 199 Å². The molecule has 0 bridgehead atoms. The number of amides is 1. The maximum absolute atomic E-state index is 12.0. The summed E-state index contributed by atoms with van der Waals surface area (Å²) in [5.74, 6) is -0.0332. The highest BCUT2D eigenvalue weighted by Gasteiger charge is 2.16. The van der Waals surface area contributed by atoms with E-state index in [9.17, 15) is 4.79 Å². The second-order valence-corrected chi connectivity index (χ2v) is 8.26. The van der Waals surface area contributed by atoms with E-state index >= 15 is 0 Å². The van der Waals surface area contributed by atoms with Crippen LogP contribution >= 0.6 is 0 Å². The summed E-state index contributed by atoms with van der Waals surface area (Å²) < 4.78 is 5.27. The van der Waals surface area contributed by atoms with E-state index in [1.165, 1.54) is 0 Å². The predicted molar refractivity (Wildman–Crippen MR) is 133 cm³/mol. The molecule has 0 saturated heterocycles. The van der Waals surface area contributed by atoms with E-state index in [1.807, 2.05) is 37.3 Å². The highest BCUT2D eigenvalue weighted by atomic mass is 16.3. The number of nitrogens with one attached hydrogen (secondary N) is 3. The standard InChI is InChI=1S/C26H21N7O2/c1-2-3-24(34)30-17-8-16(11-27-12-17)21-10-20-23(13-29-21)32-33-25(20)22-9-19-18(15-5-7-35-14-15)4-6-28-26(19)31-22/h4-14H,2-3H2,1H3,(H,28,31)(H,30,34)(H,32,33). The zero-order valence-electron chi connectivity index (χ0n) is 18.9. The van der Waals surface area contributed by atoms with E-state index in [-0.39, 0.29) is 5.91 Å². The SMILES string of the molecule is CCCC(=O)Nc1cncc(-c2cc3c(-c4cc5c(-c6ccoc6)ccnc5[nH]4)n[nH]c3cn2)c1. The van der Waals surface area contributed by atoms with Crippen LogP contribution < -0.4 is 5.32 Å². The molecule has 0 aliphatic carbocycles. The average Bonchev–Trinajstić information content (AvgIpc) is 3.63. The zero-order valence-corrected chi connectivity index (χ0v) is 18.9. The molecule has 0 radical (unpaired) electrons. The molecule has 9 heteroatoms. The minimum Gasteiger partial charge on any atom is -0.472 e. The van der Waals surface area contributed by atoms with Crippen LogP contribution in [0.5, 0.6) is 0 Å². The molecule has 35 heavy (non-hydrogen) atoms. The summed E-state index contributed by atoms with van der Waals surface area (Å²) in [7, 11) is 0. The number of hydrogen-bond donors (Lipinski definition) is 3. The minimum absolute atomic E-state index is 0.0332. The molecule has 6 rings (SSSR count). The highest BCUT2D eigenvalue weighted by Crippen LogP contribution is 2.34. The second-order valence-electron chi connectivity index (χ2n) is 8.26. The molecule has 0 atom stereocenters. The van der Waals surface area contributed by atoms with Crippen molar-refractivity contribution in [1.29, 1.82) is 0 Å². The normalized spacial score (nSPS) is 11.3. The molecule has 0 saturated carbocycles. The Hall–Kier alpha value is -4.79. The van der Waals surface area contributed by atoms with Crippen molar-refractivity contribution in [2.75, 3.05) is 5.32 Å². The van der Waals surface area contributed by atoms with E-state index in [4.69, 9.17) is 4.42 Å². The molecule has 1 amide bonds. The lowest BCUT2D eigenvalue weighted by Crippen LogP contribution is -2.10. The maximum Gasteiger partial charge on any atom is 0.224 e. The number of pyridine rings is 3. The van der Waals surface area contributed by atoms with Crippen LogP contribution in [0.25, 0.3) is 55.7 Å². The molecule has 172 valence electrons. The molecule has 6 aromatic rings. The Morgan fingerprint density at radius 1 is 1.06 bits per heavy atom. The van der Waals surface area contributed by atoms with Gasteiger partial charge in [-0.3, -0.25) is 19.9 Å². The van der Waals surface area contributed by atoms with Crippen LogP contribution in [-0.4, -0.2) is 36.0 Å².